The second-order valence-electron chi connectivity index (χ2n) is 3.84. The van der Waals surface area contributed by atoms with Gasteiger partial charge >= 0.3 is 0 Å². The summed E-state index contributed by atoms with van der Waals surface area (Å²) >= 11 is 3.19. The lowest BCUT2D eigenvalue weighted by atomic mass is 10.4. The van der Waals surface area contributed by atoms with Crippen molar-refractivity contribution in [3.63, 3.8) is 0 Å². The molecule has 1 aliphatic heterocycles. The number of sulfonamides is 1. The molecule has 1 N–H and O–H groups in total. The van der Waals surface area contributed by atoms with E-state index in [4.69, 9.17) is 0 Å². The molecule has 8 heteroatoms. The van der Waals surface area contributed by atoms with Gasteiger partial charge in [-0.15, -0.1) is 0 Å². The Morgan fingerprint density at radius 3 is 2.83 bits per heavy atom. The smallest absolute Gasteiger partial charge is 0.244 e. The number of hydrogen-bond acceptors (Lipinski definition) is 4. The molecule has 0 bridgehead atoms. The summed E-state index contributed by atoms with van der Waals surface area (Å²) in [5, 5.41) is 2.64. The summed E-state index contributed by atoms with van der Waals surface area (Å²) in [5.41, 5.74) is 0. The average molecular weight is 334 g/mol. The van der Waals surface area contributed by atoms with Gasteiger partial charge in [0, 0.05) is 42.9 Å². The van der Waals surface area contributed by atoms with E-state index in [0.29, 0.717) is 11.0 Å². The van der Waals surface area contributed by atoms with Gasteiger partial charge in [0.05, 0.1) is 0 Å². The zero-order valence-electron chi connectivity index (χ0n) is 9.47. The van der Waals surface area contributed by atoms with E-state index in [9.17, 15) is 13.2 Å². The van der Waals surface area contributed by atoms with Crippen LogP contribution < -0.4 is 5.32 Å². The van der Waals surface area contributed by atoms with Crippen molar-refractivity contribution in [3.8, 4) is 0 Å². The minimum Gasteiger partial charge on any atom is -0.355 e. The second kappa shape index (κ2) is 5.33. The molecule has 1 aromatic rings. The van der Waals surface area contributed by atoms with Crippen molar-refractivity contribution in [1.82, 2.24) is 14.6 Å². The number of pyridine rings is 1. The first kappa shape index (κ1) is 13.4. The highest BCUT2D eigenvalue weighted by atomic mass is 79.9. The highest BCUT2D eigenvalue weighted by molar-refractivity contribution is 9.10. The Morgan fingerprint density at radius 1 is 1.33 bits per heavy atom. The van der Waals surface area contributed by atoms with Crippen LogP contribution in [0.2, 0.25) is 0 Å². The maximum absolute atomic E-state index is 12.3. The van der Waals surface area contributed by atoms with Gasteiger partial charge < -0.3 is 5.32 Å². The highest BCUT2D eigenvalue weighted by Crippen LogP contribution is 2.19. The highest BCUT2D eigenvalue weighted by Gasteiger charge is 2.27. The molecule has 1 amide bonds. The van der Waals surface area contributed by atoms with Crippen molar-refractivity contribution in [2.24, 2.45) is 0 Å². The van der Waals surface area contributed by atoms with Gasteiger partial charge in [0.15, 0.2) is 0 Å². The molecule has 0 aromatic carbocycles. The Kier molecular flexibility index (Phi) is 3.98. The predicted octanol–water partition coefficient (Wildman–Crippen LogP) is 0.355. The normalized spacial score (nSPS) is 18.2. The fourth-order valence-corrected chi connectivity index (χ4v) is 3.62. The molecule has 0 aliphatic carbocycles. The lowest BCUT2D eigenvalue weighted by Gasteiger charge is -2.18. The SMILES string of the molecule is O=C1CCN(S(=O)(=O)c2cncc(Br)c2)CCN1. The van der Waals surface area contributed by atoms with Crippen molar-refractivity contribution >= 4 is 31.9 Å². The van der Waals surface area contributed by atoms with E-state index in [0.717, 1.165) is 0 Å². The zero-order chi connectivity index (χ0) is 13.2. The third kappa shape index (κ3) is 2.88. The number of nitrogens with one attached hydrogen (secondary N) is 1. The first-order valence-corrected chi connectivity index (χ1v) is 7.61. The molecule has 98 valence electrons. The maximum Gasteiger partial charge on any atom is 0.244 e. The van der Waals surface area contributed by atoms with Crippen LogP contribution >= 0.6 is 15.9 Å². The van der Waals surface area contributed by atoms with Crippen LogP contribution in [0.25, 0.3) is 0 Å². The molecule has 2 heterocycles. The Morgan fingerprint density at radius 2 is 2.11 bits per heavy atom. The van der Waals surface area contributed by atoms with Crippen molar-refractivity contribution < 1.29 is 13.2 Å². The van der Waals surface area contributed by atoms with E-state index in [1.165, 1.54) is 22.8 Å². The first-order chi connectivity index (χ1) is 8.50. The molecule has 1 aromatic heterocycles. The van der Waals surface area contributed by atoms with Gasteiger partial charge in [0.1, 0.15) is 4.90 Å². The fourth-order valence-electron chi connectivity index (χ4n) is 1.67. The topological polar surface area (TPSA) is 79.4 Å². The van der Waals surface area contributed by atoms with E-state index < -0.39 is 10.0 Å². The molecule has 1 saturated heterocycles. The zero-order valence-corrected chi connectivity index (χ0v) is 11.9. The molecule has 18 heavy (non-hydrogen) atoms. The quantitative estimate of drug-likeness (QED) is 0.847. The number of rotatable bonds is 2. The minimum atomic E-state index is -3.58. The summed E-state index contributed by atoms with van der Waals surface area (Å²) in [7, 11) is -3.58. The molecule has 2 rings (SSSR count). The molecular formula is C10H12BrN3O3S. The number of amides is 1. The van der Waals surface area contributed by atoms with E-state index in [2.05, 4.69) is 26.2 Å². The summed E-state index contributed by atoms with van der Waals surface area (Å²) in [6.07, 6.45) is 3.01. The van der Waals surface area contributed by atoms with E-state index in [1.807, 2.05) is 0 Å². The largest absolute Gasteiger partial charge is 0.355 e. The van der Waals surface area contributed by atoms with Crippen LogP contribution in [-0.2, 0) is 14.8 Å². The van der Waals surface area contributed by atoms with Crippen molar-refractivity contribution in [3.05, 3.63) is 22.9 Å². The molecule has 0 atom stereocenters. The van der Waals surface area contributed by atoms with Crippen LogP contribution in [0.5, 0.6) is 0 Å². The van der Waals surface area contributed by atoms with E-state index in [-0.39, 0.29) is 30.3 Å². The molecular weight excluding hydrogens is 322 g/mol. The molecule has 1 fully saturated rings. The molecule has 1 aliphatic rings. The molecule has 6 nitrogen and oxygen atoms in total. The predicted molar refractivity (Wildman–Crippen MR) is 68.3 cm³/mol. The molecule has 0 saturated carbocycles. The molecule has 0 radical (unpaired) electrons. The van der Waals surface area contributed by atoms with Gasteiger partial charge in [-0.25, -0.2) is 8.42 Å². The van der Waals surface area contributed by atoms with Crippen molar-refractivity contribution in [2.45, 2.75) is 11.3 Å². The Bertz CT molecular complexity index is 561. The second-order valence-corrected chi connectivity index (χ2v) is 6.70. The summed E-state index contributed by atoms with van der Waals surface area (Å²) in [6, 6.07) is 1.50. The Balaban J connectivity index is 2.28. The number of aromatic nitrogens is 1. The monoisotopic (exact) mass is 333 g/mol. The number of carbonyl (C=O) groups excluding carboxylic acids is 1. The summed E-state index contributed by atoms with van der Waals surface area (Å²) < 4.78 is 26.6. The standard InChI is InChI=1S/C10H12BrN3O3S/c11-8-5-9(7-12-6-8)18(16,17)14-3-1-10(15)13-2-4-14/h5-7H,1-4H2,(H,13,15). The molecule has 0 spiro atoms. The summed E-state index contributed by atoms with van der Waals surface area (Å²) in [6.45, 7) is 0.806. The van der Waals surface area contributed by atoms with Gasteiger partial charge in [-0.2, -0.15) is 4.31 Å². The Labute approximate surface area is 114 Å². The van der Waals surface area contributed by atoms with E-state index in [1.54, 1.807) is 0 Å². The average Bonchev–Trinajstić information content (AvgIpc) is 2.54. The van der Waals surface area contributed by atoms with Gasteiger partial charge in [-0.3, -0.25) is 9.78 Å². The summed E-state index contributed by atoms with van der Waals surface area (Å²) in [5.74, 6) is -0.125. The van der Waals surface area contributed by atoms with Crippen LogP contribution in [0, 0.1) is 0 Å². The third-order valence-electron chi connectivity index (χ3n) is 2.59. The lowest BCUT2D eigenvalue weighted by Crippen LogP contribution is -2.34. The van der Waals surface area contributed by atoms with Crippen molar-refractivity contribution in [1.29, 1.82) is 0 Å². The van der Waals surface area contributed by atoms with Crippen LogP contribution in [0.3, 0.4) is 0 Å². The minimum absolute atomic E-state index is 0.125. The maximum atomic E-state index is 12.3. The number of nitrogens with zero attached hydrogens (tertiary/aromatic N) is 2. The summed E-state index contributed by atoms with van der Waals surface area (Å²) in [4.78, 5) is 15.2. The number of hydrogen-bond donors (Lipinski definition) is 1. The third-order valence-corrected chi connectivity index (χ3v) is 4.89. The van der Waals surface area contributed by atoms with E-state index >= 15 is 0 Å². The van der Waals surface area contributed by atoms with Gasteiger partial charge in [0.2, 0.25) is 15.9 Å². The lowest BCUT2D eigenvalue weighted by molar-refractivity contribution is -0.120. The van der Waals surface area contributed by atoms with Gasteiger partial charge in [-0.1, -0.05) is 0 Å². The van der Waals surface area contributed by atoms with Gasteiger partial charge in [0.25, 0.3) is 0 Å². The van der Waals surface area contributed by atoms with Crippen LogP contribution in [0.15, 0.2) is 27.8 Å². The Hall–Kier alpha value is -0.990. The number of carbonyl (C=O) groups is 1. The molecule has 0 unspecified atom stereocenters. The van der Waals surface area contributed by atoms with Crippen LogP contribution in [0.4, 0.5) is 0 Å². The van der Waals surface area contributed by atoms with Crippen LogP contribution in [0.1, 0.15) is 6.42 Å². The number of halogens is 1. The first-order valence-electron chi connectivity index (χ1n) is 5.37. The van der Waals surface area contributed by atoms with Crippen molar-refractivity contribution in [2.75, 3.05) is 19.6 Å². The van der Waals surface area contributed by atoms with Crippen LogP contribution in [-0.4, -0.2) is 43.2 Å². The van der Waals surface area contributed by atoms with Gasteiger partial charge in [-0.05, 0) is 22.0 Å². The fraction of sp³-hybridized carbons (Fsp3) is 0.400.